The normalized spacial score (nSPS) is 14.5. The van der Waals surface area contributed by atoms with Gasteiger partial charge in [-0.2, -0.15) is 0 Å². The second-order valence-corrected chi connectivity index (χ2v) is 13.0. The highest BCUT2D eigenvalue weighted by molar-refractivity contribution is 7.92. The lowest BCUT2D eigenvalue weighted by atomic mass is 9.95. The van der Waals surface area contributed by atoms with Crippen LogP contribution >= 0.6 is 0 Å². The lowest BCUT2D eigenvalue weighted by Gasteiger charge is -2.34. The largest absolute Gasteiger partial charge is 0.489 e. The maximum absolute atomic E-state index is 13.9. The molecule has 43 heavy (non-hydrogen) atoms. The molecular weight excluding hydrogens is 562 g/mol. The van der Waals surface area contributed by atoms with Gasteiger partial charge in [0.2, 0.25) is 21.8 Å². The van der Waals surface area contributed by atoms with E-state index in [2.05, 4.69) is 5.32 Å². The number of carbonyl (C=O) groups is 2. The number of nitrogens with one attached hydrogen (secondary N) is 1. The molecule has 0 radical (unpaired) electrons. The molecule has 1 aliphatic carbocycles. The van der Waals surface area contributed by atoms with Gasteiger partial charge in [-0.1, -0.05) is 86.8 Å². The number of carbonyl (C=O) groups excluding carboxylic acids is 2. The summed E-state index contributed by atoms with van der Waals surface area (Å²) in [6, 6.07) is 25.6. The SMILES string of the molecule is CC[C@H](C(=O)NC1CCCCC1)N(CCc1ccccc1)C(=O)CN(c1ccc(OCc2ccccc2)cc1)S(C)(=O)=O. The number of hydrogen-bond donors (Lipinski definition) is 1. The van der Waals surface area contributed by atoms with Gasteiger partial charge in [0.1, 0.15) is 24.9 Å². The first-order valence-electron chi connectivity index (χ1n) is 15.1. The van der Waals surface area contributed by atoms with E-state index in [0.29, 0.717) is 37.4 Å². The monoisotopic (exact) mass is 605 g/mol. The Morgan fingerprint density at radius 3 is 2.07 bits per heavy atom. The molecule has 4 rings (SSSR count). The van der Waals surface area contributed by atoms with E-state index in [1.54, 1.807) is 29.2 Å². The number of sulfonamides is 1. The van der Waals surface area contributed by atoms with Gasteiger partial charge in [-0.15, -0.1) is 0 Å². The summed E-state index contributed by atoms with van der Waals surface area (Å²) >= 11 is 0. The maximum atomic E-state index is 13.9. The number of benzene rings is 3. The Kier molecular flexibility index (Phi) is 11.6. The van der Waals surface area contributed by atoms with E-state index in [1.165, 1.54) is 6.42 Å². The topological polar surface area (TPSA) is 96.0 Å². The molecule has 9 heteroatoms. The number of amides is 2. The van der Waals surface area contributed by atoms with Crippen LogP contribution < -0.4 is 14.4 Å². The second-order valence-electron chi connectivity index (χ2n) is 11.1. The highest BCUT2D eigenvalue weighted by atomic mass is 32.2. The van der Waals surface area contributed by atoms with Crippen molar-refractivity contribution in [2.24, 2.45) is 0 Å². The van der Waals surface area contributed by atoms with Gasteiger partial charge < -0.3 is 15.0 Å². The Bertz CT molecular complexity index is 1410. The molecule has 8 nitrogen and oxygen atoms in total. The van der Waals surface area contributed by atoms with Gasteiger partial charge in [-0.3, -0.25) is 13.9 Å². The van der Waals surface area contributed by atoms with Gasteiger partial charge in [0.05, 0.1) is 11.9 Å². The average molecular weight is 606 g/mol. The van der Waals surface area contributed by atoms with Crippen molar-refractivity contribution in [3.8, 4) is 5.75 Å². The van der Waals surface area contributed by atoms with Crippen molar-refractivity contribution in [2.75, 3.05) is 23.7 Å². The third-order valence-electron chi connectivity index (χ3n) is 7.87. The lowest BCUT2D eigenvalue weighted by molar-refractivity contribution is -0.140. The molecule has 2 amide bonds. The molecule has 0 heterocycles. The molecule has 0 unspecified atom stereocenters. The Morgan fingerprint density at radius 1 is 0.884 bits per heavy atom. The third-order valence-corrected chi connectivity index (χ3v) is 9.01. The van der Waals surface area contributed by atoms with E-state index in [0.717, 1.165) is 47.4 Å². The fourth-order valence-corrected chi connectivity index (χ4v) is 6.35. The third kappa shape index (κ3) is 9.58. The summed E-state index contributed by atoms with van der Waals surface area (Å²) in [6.45, 7) is 2.15. The molecule has 0 spiro atoms. The van der Waals surface area contributed by atoms with Gasteiger partial charge in [0.15, 0.2) is 0 Å². The van der Waals surface area contributed by atoms with Gasteiger partial charge in [-0.25, -0.2) is 8.42 Å². The van der Waals surface area contributed by atoms with Crippen LogP contribution in [0.15, 0.2) is 84.9 Å². The highest BCUT2D eigenvalue weighted by Gasteiger charge is 2.32. The predicted molar refractivity (Wildman–Crippen MR) is 170 cm³/mol. The van der Waals surface area contributed by atoms with Crippen LogP contribution in [0.4, 0.5) is 5.69 Å². The van der Waals surface area contributed by atoms with Crippen molar-refractivity contribution >= 4 is 27.5 Å². The summed E-state index contributed by atoms with van der Waals surface area (Å²) in [5.41, 5.74) is 2.41. The van der Waals surface area contributed by atoms with E-state index in [4.69, 9.17) is 4.74 Å². The molecule has 0 saturated heterocycles. The second kappa shape index (κ2) is 15.6. The number of anilines is 1. The van der Waals surface area contributed by atoms with Crippen molar-refractivity contribution in [1.82, 2.24) is 10.2 Å². The van der Waals surface area contributed by atoms with Crippen LogP contribution in [0.5, 0.6) is 5.75 Å². The summed E-state index contributed by atoms with van der Waals surface area (Å²) < 4.78 is 32.8. The van der Waals surface area contributed by atoms with Crippen molar-refractivity contribution in [3.63, 3.8) is 0 Å². The summed E-state index contributed by atoms with van der Waals surface area (Å²) in [6.07, 6.45) is 7.27. The fraction of sp³-hybridized carbons (Fsp3) is 0.412. The molecule has 1 atom stereocenters. The molecular formula is C34H43N3O5S. The number of nitrogens with zero attached hydrogens (tertiary/aromatic N) is 2. The number of rotatable bonds is 14. The van der Waals surface area contributed by atoms with Gasteiger partial charge in [0.25, 0.3) is 0 Å². The Labute approximate surface area is 256 Å². The molecule has 230 valence electrons. The molecule has 1 saturated carbocycles. The molecule has 1 N–H and O–H groups in total. The summed E-state index contributed by atoms with van der Waals surface area (Å²) in [5, 5.41) is 3.17. The van der Waals surface area contributed by atoms with Crippen molar-refractivity contribution < 1.29 is 22.7 Å². The average Bonchev–Trinajstić information content (AvgIpc) is 3.02. The number of ether oxygens (including phenoxy) is 1. The van der Waals surface area contributed by atoms with Crippen LogP contribution in [-0.4, -0.2) is 56.6 Å². The zero-order valence-corrected chi connectivity index (χ0v) is 26.0. The lowest BCUT2D eigenvalue weighted by Crippen LogP contribution is -2.54. The predicted octanol–water partition coefficient (Wildman–Crippen LogP) is 5.33. The fourth-order valence-electron chi connectivity index (χ4n) is 5.50. The highest BCUT2D eigenvalue weighted by Crippen LogP contribution is 2.24. The van der Waals surface area contributed by atoms with E-state index < -0.39 is 28.5 Å². The Balaban J connectivity index is 1.51. The minimum Gasteiger partial charge on any atom is -0.489 e. The van der Waals surface area contributed by atoms with Crippen molar-refractivity contribution in [3.05, 3.63) is 96.1 Å². The summed E-state index contributed by atoms with van der Waals surface area (Å²) in [5.74, 6) is -0.0136. The van der Waals surface area contributed by atoms with E-state index in [-0.39, 0.29) is 11.9 Å². The van der Waals surface area contributed by atoms with Crippen molar-refractivity contribution in [2.45, 2.75) is 70.6 Å². The van der Waals surface area contributed by atoms with Crippen LogP contribution in [0.1, 0.15) is 56.6 Å². The Morgan fingerprint density at radius 2 is 1.49 bits per heavy atom. The molecule has 3 aromatic carbocycles. The van der Waals surface area contributed by atoms with Crippen LogP contribution in [0.25, 0.3) is 0 Å². The van der Waals surface area contributed by atoms with E-state index >= 15 is 0 Å². The zero-order valence-electron chi connectivity index (χ0n) is 25.2. The van der Waals surface area contributed by atoms with E-state index in [9.17, 15) is 18.0 Å². The first-order valence-corrected chi connectivity index (χ1v) is 17.0. The molecule has 0 aliphatic heterocycles. The molecule has 0 bridgehead atoms. The van der Waals surface area contributed by atoms with Gasteiger partial charge >= 0.3 is 0 Å². The van der Waals surface area contributed by atoms with Gasteiger partial charge in [-0.05, 0) is 61.1 Å². The van der Waals surface area contributed by atoms with E-state index in [1.807, 2.05) is 67.6 Å². The van der Waals surface area contributed by atoms with Crippen LogP contribution in [0.2, 0.25) is 0 Å². The smallest absolute Gasteiger partial charge is 0.244 e. The molecule has 0 aromatic heterocycles. The molecule has 1 fully saturated rings. The summed E-state index contributed by atoms with van der Waals surface area (Å²) in [4.78, 5) is 29.0. The number of hydrogen-bond acceptors (Lipinski definition) is 5. The first-order chi connectivity index (χ1) is 20.7. The summed E-state index contributed by atoms with van der Waals surface area (Å²) in [7, 11) is -3.81. The minimum absolute atomic E-state index is 0.108. The Hall–Kier alpha value is -3.85. The van der Waals surface area contributed by atoms with Crippen LogP contribution in [0.3, 0.4) is 0 Å². The van der Waals surface area contributed by atoms with Crippen molar-refractivity contribution in [1.29, 1.82) is 0 Å². The minimum atomic E-state index is -3.81. The first kappa shape index (κ1) is 32.1. The quantitative estimate of drug-likeness (QED) is 0.268. The van der Waals surface area contributed by atoms with Crippen LogP contribution in [0, 0.1) is 0 Å². The van der Waals surface area contributed by atoms with Crippen LogP contribution in [-0.2, 0) is 32.6 Å². The maximum Gasteiger partial charge on any atom is 0.244 e. The molecule has 3 aromatic rings. The molecule has 1 aliphatic rings. The van der Waals surface area contributed by atoms with Gasteiger partial charge in [0, 0.05) is 12.6 Å². The standard InChI is InChI=1S/C34H43N3O5S/c1-3-32(34(39)35-29-17-11-6-12-18-29)36(24-23-27-13-7-4-8-14-27)33(38)25-37(43(2,40)41)30-19-21-31(22-20-30)42-26-28-15-9-5-10-16-28/h4-5,7-10,13-16,19-22,29,32H,3,6,11-12,17-18,23-26H2,1-2H3,(H,35,39)/t32-/m1/s1. The zero-order chi connectivity index (χ0) is 30.7.